The first-order chi connectivity index (χ1) is 9.20. The number of methoxy groups -OCH3 is 1. The van der Waals surface area contributed by atoms with Crippen molar-refractivity contribution in [2.75, 3.05) is 7.11 Å². The number of hydrogen-bond donors (Lipinski definition) is 1. The van der Waals surface area contributed by atoms with Gasteiger partial charge in [0.1, 0.15) is 5.75 Å². The lowest BCUT2D eigenvalue weighted by Gasteiger charge is -2.11. The maximum absolute atomic E-state index is 9.78. The van der Waals surface area contributed by atoms with Gasteiger partial charge in [-0.1, -0.05) is 0 Å². The Hall–Kier alpha value is -2.49. The van der Waals surface area contributed by atoms with Gasteiger partial charge in [-0.25, -0.2) is 4.98 Å². The summed E-state index contributed by atoms with van der Waals surface area (Å²) in [4.78, 5) is 4.16. The maximum atomic E-state index is 9.78. The lowest BCUT2D eigenvalue weighted by Crippen LogP contribution is -1.94. The van der Waals surface area contributed by atoms with Gasteiger partial charge in [-0.3, -0.25) is 4.40 Å². The predicted octanol–water partition coefficient (Wildman–Crippen LogP) is 3.02. The fraction of sp³-hybridized carbons (Fsp3) is 0.133. The van der Waals surface area contributed by atoms with E-state index in [0.29, 0.717) is 5.65 Å². The fourth-order valence-corrected chi connectivity index (χ4v) is 2.27. The molecule has 2 aromatic heterocycles. The molecule has 0 bridgehead atoms. The van der Waals surface area contributed by atoms with Crippen LogP contribution in [0.3, 0.4) is 0 Å². The highest BCUT2D eigenvalue weighted by Crippen LogP contribution is 2.29. The number of fused-ring (bicyclic) bond motifs is 1. The van der Waals surface area contributed by atoms with Crippen molar-refractivity contribution in [2.45, 2.75) is 6.92 Å². The summed E-state index contributed by atoms with van der Waals surface area (Å²) in [7, 11) is 1.66. The third-order valence-corrected chi connectivity index (χ3v) is 3.24. The van der Waals surface area contributed by atoms with Crippen molar-refractivity contribution in [3.05, 3.63) is 48.3 Å². The summed E-state index contributed by atoms with van der Waals surface area (Å²) in [5, 5.41) is 9.78. The van der Waals surface area contributed by atoms with Crippen LogP contribution in [0, 0.1) is 6.92 Å². The Morgan fingerprint density at radius 2 is 2.05 bits per heavy atom. The molecule has 0 fully saturated rings. The van der Waals surface area contributed by atoms with Crippen molar-refractivity contribution >= 4 is 5.65 Å². The van der Waals surface area contributed by atoms with Gasteiger partial charge < -0.3 is 9.84 Å². The highest BCUT2D eigenvalue weighted by Gasteiger charge is 2.10. The topological polar surface area (TPSA) is 46.8 Å². The Morgan fingerprint density at radius 3 is 2.79 bits per heavy atom. The molecular weight excluding hydrogens is 240 g/mol. The van der Waals surface area contributed by atoms with Crippen molar-refractivity contribution in [1.82, 2.24) is 9.38 Å². The Kier molecular flexibility index (Phi) is 2.63. The van der Waals surface area contributed by atoms with E-state index in [2.05, 4.69) is 4.98 Å². The van der Waals surface area contributed by atoms with E-state index >= 15 is 0 Å². The highest BCUT2D eigenvalue weighted by atomic mass is 16.5. The standard InChI is InChI=1S/C15H14N2O2/c1-10-9-11(19-2)3-4-12(10)13-5-6-14(18)15-16-7-8-17(13)15/h3-9,18H,1-2H3. The van der Waals surface area contributed by atoms with Gasteiger partial charge in [0, 0.05) is 18.0 Å². The minimum absolute atomic E-state index is 0.180. The molecule has 19 heavy (non-hydrogen) atoms. The zero-order chi connectivity index (χ0) is 13.4. The smallest absolute Gasteiger partial charge is 0.179 e. The number of benzene rings is 1. The lowest BCUT2D eigenvalue weighted by molar-refractivity contribution is 0.414. The normalized spacial score (nSPS) is 10.8. The van der Waals surface area contributed by atoms with Crippen LogP contribution in [-0.2, 0) is 0 Å². The molecule has 0 aliphatic heterocycles. The number of aryl methyl sites for hydroxylation is 1. The molecular formula is C15H14N2O2. The first-order valence-corrected chi connectivity index (χ1v) is 6.01. The van der Waals surface area contributed by atoms with E-state index < -0.39 is 0 Å². The van der Waals surface area contributed by atoms with Crippen molar-refractivity contribution in [3.8, 4) is 22.8 Å². The number of pyridine rings is 1. The minimum atomic E-state index is 0.180. The maximum Gasteiger partial charge on any atom is 0.179 e. The van der Waals surface area contributed by atoms with Crippen LogP contribution in [0.15, 0.2) is 42.7 Å². The van der Waals surface area contributed by atoms with Crippen molar-refractivity contribution in [2.24, 2.45) is 0 Å². The summed E-state index contributed by atoms with van der Waals surface area (Å²) in [6, 6.07) is 9.49. The molecule has 0 unspecified atom stereocenters. The Bertz CT molecular complexity index is 747. The van der Waals surface area contributed by atoms with E-state index in [1.54, 1.807) is 19.4 Å². The van der Waals surface area contributed by atoms with Crippen LogP contribution in [0.25, 0.3) is 16.9 Å². The van der Waals surface area contributed by atoms with E-state index in [-0.39, 0.29) is 5.75 Å². The molecule has 4 nitrogen and oxygen atoms in total. The second-order valence-electron chi connectivity index (χ2n) is 4.41. The van der Waals surface area contributed by atoms with Crippen LogP contribution in [0.2, 0.25) is 0 Å². The molecule has 3 rings (SSSR count). The Morgan fingerprint density at radius 1 is 1.21 bits per heavy atom. The van der Waals surface area contributed by atoms with E-state index in [4.69, 9.17) is 4.74 Å². The molecule has 2 heterocycles. The fourth-order valence-electron chi connectivity index (χ4n) is 2.27. The van der Waals surface area contributed by atoms with Gasteiger partial charge in [-0.15, -0.1) is 0 Å². The van der Waals surface area contributed by atoms with Crippen LogP contribution in [-0.4, -0.2) is 21.6 Å². The molecule has 96 valence electrons. The van der Waals surface area contributed by atoms with Gasteiger partial charge in [0.25, 0.3) is 0 Å². The number of hydrogen-bond acceptors (Lipinski definition) is 3. The summed E-state index contributed by atoms with van der Waals surface area (Å²) < 4.78 is 7.10. The van der Waals surface area contributed by atoms with Gasteiger partial charge in [0.15, 0.2) is 11.4 Å². The Balaban J connectivity index is 2.25. The monoisotopic (exact) mass is 254 g/mol. The second-order valence-corrected chi connectivity index (χ2v) is 4.41. The second kappa shape index (κ2) is 4.31. The SMILES string of the molecule is COc1ccc(-c2ccc(O)c3nccn23)c(C)c1. The predicted molar refractivity (Wildman–Crippen MR) is 73.6 cm³/mol. The minimum Gasteiger partial charge on any atom is -0.504 e. The first kappa shape index (κ1) is 11.6. The molecule has 0 saturated carbocycles. The number of aromatic nitrogens is 2. The van der Waals surface area contributed by atoms with Crippen molar-refractivity contribution in [3.63, 3.8) is 0 Å². The van der Waals surface area contributed by atoms with Gasteiger partial charge in [0.05, 0.1) is 12.8 Å². The molecule has 3 aromatic rings. The largest absolute Gasteiger partial charge is 0.504 e. The molecule has 0 radical (unpaired) electrons. The molecule has 4 heteroatoms. The average molecular weight is 254 g/mol. The molecule has 0 saturated heterocycles. The van der Waals surface area contributed by atoms with Gasteiger partial charge >= 0.3 is 0 Å². The number of imidazole rings is 1. The summed E-state index contributed by atoms with van der Waals surface area (Å²) in [5.74, 6) is 1.02. The van der Waals surface area contributed by atoms with Crippen LogP contribution >= 0.6 is 0 Å². The van der Waals surface area contributed by atoms with Gasteiger partial charge in [0.2, 0.25) is 0 Å². The number of ether oxygens (including phenoxy) is 1. The van der Waals surface area contributed by atoms with E-state index in [1.165, 1.54) is 0 Å². The lowest BCUT2D eigenvalue weighted by atomic mass is 10.0. The van der Waals surface area contributed by atoms with Crippen LogP contribution in [0.4, 0.5) is 0 Å². The third kappa shape index (κ3) is 1.81. The molecule has 0 aliphatic carbocycles. The summed E-state index contributed by atoms with van der Waals surface area (Å²) in [5.41, 5.74) is 3.75. The molecule has 1 N–H and O–H groups in total. The summed E-state index contributed by atoms with van der Waals surface area (Å²) in [6.07, 6.45) is 3.52. The molecule has 0 aliphatic rings. The molecule has 1 aromatic carbocycles. The zero-order valence-corrected chi connectivity index (χ0v) is 10.8. The number of rotatable bonds is 2. The average Bonchev–Trinajstić information content (AvgIpc) is 2.90. The zero-order valence-electron chi connectivity index (χ0n) is 10.8. The number of aromatic hydroxyl groups is 1. The van der Waals surface area contributed by atoms with E-state index in [9.17, 15) is 5.11 Å². The van der Waals surface area contributed by atoms with Crippen molar-refractivity contribution < 1.29 is 9.84 Å². The Labute approximate surface area is 110 Å². The third-order valence-electron chi connectivity index (χ3n) is 3.24. The van der Waals surface area contributed by atoms with Crippen LogP contribution in [0.1, 0.15) is 5.56 Å². The van der Waals surface area contributed by atoms with Gasteiger partial charge in [-0.2, -0.15) is 0 Å². The van der Waals surface area contributed by atoms with Crippen LogP contribution < -0.4 is 4.74 Å². The highest BCUT2D eigenvalue weighted by molar-refractivity contribution is 5.70. The summed E-state index contributed by atoms with van der Waals surface area (Å²) in [6.45, 7) is 2.04. The van der Waals surface area contributed by atoms with Crippen molar-refractivity contribution in [1.29, 1.82) is 0 Å². The van der Waals surface area contributed by atoms with Gasteiger partial charge in [-0.05, 0) is 42.8 Å². The summed E-state index contributed by atoms with van der Waals surface area (Å²) >= 11 is 0. The quantitative estimate of drug-likeness (QED) is 0.764. The molecule has 0 amide bonds. The molecule has 0 spiro atoms. The number of nitrogens with zero attached hydrogens (tertiary/aromatic N) is 2. The molecule has 0 atom stereocenters. The first-order valence-electron chi connectivity index (χ1n) is 6.01. The van der Waals surface area contributed by atoms with E-state index in [0.717, 1.165) is 22.6 Å². The van der Waals surface area contributed by atoms with E-state index in [1.807, 2.05) is 41.8 Å². The van der Waals surface area contributed by atoms with Crippen LogP contribution in [0.5, 0.6) is 11.5 Å².